The third-order valence-corrected chi connectivity index (χ3v) is 7.31. The number of phenolic OH excluding ortho intramolecular Hbond substituents is 1. The molecule has 6 N–H and O–H groups in total. The van der Waals surface area contributed by atoms with Gasteiger partial charge in [0.05, 0.1) is 5.56 Å². The summed E-state index contributed by atoms with van der Waals surface area (Å²) < 4.78 is 0. The van der Waals surface area contributed by atoms with Crippen LogP contribution in [-0.4, -0.2) is 57.6 Å². The molecule has 3 aliphatic rings. The lowest BCUT2D eigenvalue weighted by Gasteiger charge is -2.50. The molecule has 1 aromatic carbocycles. The zero-order chi connectivity index (χ0) is 24.6. The Morgan fingerprint density at radius 3 is 2.36 bits per heavy atom. The zero-order valence-electron chi connectivity index (χ0n) is 18.9. The van der Waals surface area contributed by atoms with Crippen molar-refractivity contribution in [3.63, 3.8) is 0 Å². The molecule has 176 valence electrons. The number of nitrogens with zero attached hydrogens (tertiary/aromatic N) is 1. The van der Waals surface area contributed by atoms with Gasteiger partial charge in [0.15, 0.2) is 11.4 Å². The Bertz CT molecular complexity index is 1160. The molecule has 1 aromatic rings. The van der Waals surface area contributed by atoms with Gasteiger partial charge in [-0.25, -0.2) is 0 Å². The highest BCUT2D eigenvalue weighted by atomic mass is 16.3. The minimum atomic E-state index is -2.58. The van der Waals surface area contributed by atoms with Gasteiger partial charge in [-0.05, 0) is 42.4 Å². The Morgan fingerprint density at radius 1 is 1.18 bits per heavy atom. The second-order valence-corrected chi connectivity index (χ2v) is 9.67. The number of carbonyl (C=O) groups is 3. The summed E-state index contributed by atoms with van der Waals surface area (Å²) in [6.45, 7) is 3.46. The van der Waals surface area contributed by atoms with Crippen LogP contribution in [0.15, 0.2) is 29.0 Å². The maximum absolute atomic E-state index is 13.7. The normalized spacial score (nSPS) is 29.1. The second-order valence-electron chi connectivity index (χ2n) is 9.67. The molecule has 0 aliphatic heterocycles. The third-order valence-electron chi connectivity index (χ3n) is 7.31. The minimum Gasteiger partial charge on any atom is -0.508 e. The maximum atomic E-state index is 13.7. The summed E-state index contributed by atoms with van der Waals surface area (Å²) in [6, 6.07) is 3.12. The molecule has 33 heavy (non-hydrogen) atoms. The summed E-state index contributed by atoms with van der Waals surface area (Å²) in [6.07, 6.45) is 0.384. The molecule has 0 spiro atoms. The molecule has 1 unspecified atom stereocenters. The van der Waals surface area contributed by atoms with Crippen LogP contribution in [-0.2, 0) is 20.8 Å². The molecule has 1 amide bonds. The summed E-state index contributed by atoms with van der Waals surface area (Å²) in [4.78, 5) is 40.6. The highest BCUT2D eigenvalue weighted by molar-refractivity contribution is 6.23. The number of primary amides is 1. The summed E-state index contributed by atoms with van der Waals surface area (Å²) in [7, 11) is 3.63. The van der Waals surface area contributed by atoms with Crippen molar-refractivity contribution >= 4 is 28.9 Å². The van der Waals surface area contributed by atoms with E-state index in [9.17, 15) is 34.8 Å². The van der Waals surface area contributed by atoms with Gasteiger partial charge in [-0.2, -0.15) is 0 Å². The number of aliphatic hydroxyl groups excluding tert-OH is 2. The van der Waals surface area contributed by atoms with Crippen molar-refractivity contribution < 1.29 is 34.8 Å². The van der Waals surface area contributed by atoms with Gasteiger partial charge in [0.2, 0.25) is 5.78 Å². The maximum Gasteiger partial charge on any atom is 0.255 e. The lowest BCUT2D eigenvalue weighted by Crippen LogP contribution is -2.62. The van der Waals surface area contributed by atoms with Gasteiger partial charge in [0.25, 0.3) is 5.91 Å². The van der Waals surface area contributed by atoms with Crippen molar-refractivity contribution in [2.24, 2.45) is 29.4 Å². The van der Waals surface area contributed by atoms with E-state index in [0.29, 0.717) is 5.56 Å². The molecule has 4 atom stereocenters. The Hall–Kier alpha value is -3.33. The number of carbonyl (C=O) groups excluding carboxylic acids is 3. The predicted molar refractivity (Wildman–Crippen MR) is 119 cm³/mol. The van der Waals surface area contributed by atoms with Crippen LogP contribution in [0.5, 0.6) is 5.75 Å². The summed E-state index contributed by atoms with van der Waals surface area (Å²) in [5, 5.41) is 44.0. The smallest absolute Gasteiger partial charge is 0.255 e. The van der Waals surface area contributed by atoms with E-state index in [1.165, 1.54) is 6.07 Å². The van der Waals surface area contributed by atoms with E-state index in [2.05, 4.69) is 0 Å². The lowest BCUT2D eigenvalue weighted by atomic mass is 9.54. The van der Waals surface area contributed by atoms with Crippen LogP contribution in [0.3, 0.4) is 0 Å². The number of rotatable bonds is 3. The van der Waals surface area contributed by atoms with Crippen molar-refractivity contribution in [3.05, 3.63) is 40.2 Å². The van der Waals surface area contributed by atoms with Crippen LogP contribution >= 0.6 is 0 Å². The van der Waals surface area contributed by atoms with E-state index in [1.54, 1.807) is 19.9 Å². The number of anilines is 1. The Labute approximate surface area is 190 Å². The van der Waals surface area contributed by atoms with Gasteiger partial charge in [-0.3, -0.25) is 14.4 Å². The number of aromatic hydroxyl groups is 1. The fraction of sp³-hybridized carbons (Fsp3) is 0.458. The van der Waals surface area contributed by atoms with Crippen molar-refractivity contribution in [2.45, 2.75) is 32.3 Å². The van der Waals surface area contributed by atoms with Crippen LogP contribution < -0.4 is 10.6 Å². The predicted octanol–water partition coefficient (Wildman–Crippen LogP) is 1.37. The van der Waals surface area contributed by atoms with Gasteiger partial charge < -0.3 is 31.1 Å². The molecular weight excluding hydrogens is 428 g/mol. The topological polar surface area (TPSA) is 161 Å². The fourth-order valence-corrected chi connectivity index (χ4v) is 5.89. The van der Waals surface area contributed by atoms with Crippen LogP contribution in [0.4, 0.5) is 5.69 Å². The molecule has 9 nitrogen and oxygen atoms in total. The minimum absolute atomic E-state index is 0.0914. The van der Waals surface area contributed by atoms with E-state index in [1.807, 2.05) is 19.0 Å². The third kappa shape index (κ3) is 2.91. The first kappa shape index (κ1) is 22.8. The number of benzene rings is 1. The van der Waals surface area contributed by atoms with Crippen LogP contribution in [0.2, 0.25) is 0 Å². The average molecular weight is 456 g/mol. The van der Waals surface area contributed by atoms with Gasteiger partial charge in [-0.1, -0.05) is 13.8 Å². The summed E-state index contributed by atoms with van der Waals surface area (Å²) >= 11 is 0. The molecule has 3 aliphatic carbocycles. The molecule has 0 saturated heterocycles. The van der Waals surface area contributed by atoms with Crippen molar-refractivity contribution in [3.8, 4) is 5.75 Å². The van der Waals surface area contributed by atoms with Gasteiger partial charge in [-0.15, -0.1) is 0 Å². The summed E-state index contributed by atoms with van der Waals surface area (Å²) in [5.41, 5.74) is 3.30. The summed E-state index contributed by atoms with van der Waals surface area (Å²) in [5.74, 6) is -7.55. The van der Waals surface area contributed by atoms with E-state index >= 15 is 0 Å². The first-order valence-electron chi connectivity index (χ1n) is 10.8. The van der Waals surface area contributed by atoms with Gasteiger partial charge in [0.1, 0.15) is 22.8 Å². The number of phenols is 1. The molecule has 9 heteroatoms. The van der Waals surface area contributed by atoms with Crippen LogP contribution in [0.1, 0.15) is 31.4 Å². The van der Waals surface area contributed by atoms with Crippen molar-refractivity contribution in [1.29, 1.82) is 0 Å². The second kappa shape index (κ2) is 7.34. The highest BCUT2D eigenvalue weighted by Crippen LogP contribution is 2.55. The molecule has 0 bridgehead atoms. The monoisotopic (exact) mass is 456 g/mol. The number of Topliss-reactive ketones (excluding diaryl/α,β-unsaturated/α-hetero) is 2. The molecule has 1 saturated carbocycles. The molecule has 4 rings (SSSR count). The highest BCUT2D eigenvalue weighted by Gasteiger charge is 2.64. The standard InChI is InChI=1S/C24H28N2O7/c1-9(2)15-12-8-10-7-11-13(26(3)4)5-6-14(27)17(11)20(29)16(10)21(30)24(12,33)22(31)18(19(15)28)23(25)32/h5-6,9-10,12,15,27,29,31,33H,7-8H2,1-4H3,(H2,25,32)/t10-,12-,15?,24-/m0/s1. The average Bonchev–Trinajstić information content (AvgIpc) is 2.70. The molecule has 0 aromatic heterocycles. The number of aliphatic hydroxyl groups is 3. The number of hydrogen-bond acceptors (Lipinski definition) is 8. The SMILES string of the molecule is CC(C)C1C(=O)C(C(N)=O)=C(O)[C@@]2(O)C(=O)C3=C(O)c4c(O)ccc(N(C)C)c4C[C@H]3C[C@@H]12. The molecule has 0 heterocycles. The number of fused-ring (bicyclic) bond motifs is 3. The van der Waals surface area contributed by atoms with Gasteiger partial charge in [0, 0.05) is 37.2 Å². The van der Waals surface area contributed by atoms with E-state index in [0.717, 1.165) is 5.69 Å². The number of ketones is 2. The molecule has 1 fully saturated rings. The Kier molecular flexibility index (Phi) is 5.09. The lowest BCUT2D eigenvalue weighted by molar-refractivity contribution is -0.155. The number of hydrogen-bond donors (Lipinski definition) is 5. The Balaban J connectivity index is 1.99. The number of nitrogens with two attached hydrogens (primary N) is 1. The Morgan fingerprint density at radius 2 is 1.82 bits per heavy atom. The first-order chi connectivity index (χ1) is 15.3. The largest absolute Gasteiger partial charge is 0.508 e. The van der Waals surface area contributed by atoms with Gasteiger partial charge >= 0.3 is 0 Å². The molecular formula is C24H28N2O7. The van der Waals surface area contributed by atoms with Crippen LogP contribution in [0.25, 0.3) is 5.76 Å². The van der Waals surface area contributed by atoms with E-state index in [4.69, 9.17) is 5.73 Å². The van der Waals surface area contributed by atoms with E-state index in [-0.39, 0.29) is 35.6 Å². The van der Waals surface area contributed by atoms with Crippen molar-refractivity contribution in [1.82, 2.24) is 0 Å². The van der Waals surface area contributed by atoms with Crippen LogP contribution in [0, 0.1) is 23.7 Å². The zero-order valence-corrected chi connectivity index (χ0v) is 18.9. The number of amides is 1. The first-order valence-corrected chi connectivity index (χ1v) is 10.8. The fourth-order valence-electron chi connectivity index (χ4n) is 5.89. The quantitative estimate of drug-likeness (QED) is 0.426. The van der Waals surface area contributed by atoms with Crippen molar-refractivity contribution in [2.75, 3.05) is 19.0 Å². The molecule has 0 radical (unpaired) electrons. The van der Waals surface area contributed by atoms with E-state index < -0.39 is 57.9 Å².